The Balaban J connectivity index is 1.47. The average Bonchev–Trinajstić information content (AvgIpc) is 2.83. The van der Waals surface area contributed by atoms with Crippen LogP contribution in [-0.2, 0) is 29.4 Å². The van der Waals surface area contributed by atoms with Crippen LogP contribution < -0.4 is 10.1 Å². The number of amides is 1. The van der Waals surface area contributed by atoms with Crippen LogP contribution in [0.15, 0.2) is 59.6 Å². The maximum atomic E-state index is 13.0. The minimum Gasteiger partial charge on any atom is -0.497 e. The molecule has 3 aromatic rings. The Hall–Kier alpha value is -3.30. The SMILES string of the molecule is CCc1ccc(C(=O)Nc2ncc3c(n2)CCN(S(=O)(=O)c2ccc(OC)cc2)C3)cc1. The van der Waals surface area contributed by atoms with E-state index in [0.717, 1.165) is 23.2 Å². The topological polar surface area (TPSA) is 101 Å². The molecular formula is C23H24N4O4S. The summed E-state index contributed by atoms with van der Waals surface area (Å²) in [6, 6.07) is 13.7. The average molecular weight is 453 g/mol. The molecule has 0 saturated heterocycles. The molecule has 2 aromatic carbocycles. The molecule has 1 amide bonds. The van der Waals surface area contributed by atoms with Gasteiger partial charge < -0.3 is 4.74 Å². The molecular weight excluding hydrogens is 428 g/mol. The standard InChI is InChI=1S/C23H24N4O4S/c1-3-16-4-6-17(7-5-16)22(28)26-23-24-14-18-15-27(13-12-21(18)25-23)32(29,30)20-10-8-19(31-2)9-11-20/h4-11,14H,3,12-13,15H2,1-2H3,(H,24,25,26,28). The van der Waals surface area contributed by atoms with E-state index in [1.54, 1.807) is 30.5 Å². The van der Waals surface area contributed by atoms with Crippen LogP contribution in [-0.4, -0.2) is 42.3 Å². The number of fused-ring (bicyclic) bond motifs is 1. The van der Waals surface area contributed by atoms with E-state index < -0.39 is 10.0 Å². The van der Waals surface area contributed by atoms with Gasteiger partial charge in [0, 0.05) is 36.8 Å². The number of ether oxygens (including phenoxy) is 1. The molecule has 1 aromatic heterocycles. The molecule has 2 heterocycles. The lowest BCUT2D eigenvalue weighted by Crippen LogP contribution is -2.36. The number of aryl methyl sites for hydroxylation is 1. The summed E-state index contributed by atoms with van der Waals surface area (Å²) in [5.74, 6) is 0.518. The molecule has 166 valence electrons. The molecule has 0 spiro atoms. The van der Waals surface area contributed by atoms with Crippen molar-refractivity contribution in [1.82, 2.24) is 14.3 Å². The third-order valence-electron chi connectivity index (χ3n) is 5.45. The van der Waals surface area contributed by atoms with Gasteiger partial charge in [0.1, 0.15) is 5.75 Å². The number of carbonyl (C=O) groups excluding carboxylic acids is 1. The number of anilines is 1. The Morgan fingerprint density at radius 1 is 1.12 bits per heavy atom. The normalized spacial score (nSPS) is 13.9. The Morgan fingerprint density at radius 2 is 1.84 bits per heavy atom. The summed E-state index contributed by atoms with van der Waals surface area (Å²) in [6.45, 7) is 2.53. The summed E-state index contributed by atoms with van der Waals surface area (Å²) < 4.78 is 32.5. The highest BCUT2D eigenvalue weighted by molar-refractivity contribution is 7.89. The Labute approximate surface area is 187 Å². The predicted molar refractivity (Wildman–Crippen MR) is 120 cm³/mol. The lowest BCUT2D eigenvalue weighted by molar-refractivity contribution is 0.102. The molecule has 0 bridgehead atoms. The lowest BCUT2D eigenvalue weighted by Gasteiger charge is -2.27. The van der Waals surface area contributed by atoms with Gasteiger partial charge in [0.15, 0.2) is 0 Å². The number of nitrogens with one attached hydrogen (secondary N) is 1. The number of aromatic nitrogens is 2. The Kier molecular flexibility index (Phi) is 6.20. The summed E-state index contributed by atoms with van der Waals surface area (Å²) in [5.41, 5.74) is 3.14. The van der Waals surface area contributed by atoms with Gasteiger partial charge in [-0.25, -0.2) is 18.4 Å². The van der Waals surface area contributed by atoms with Crippen molar-refractivity contribution >= 4 is 21.9 Å². The van der Waals surface area contributed by atoms with Gasteiger partial charge in [0.25, 0.3) is 5.91 Å². The zero-order valence-corrected chi connectivity index (χ0v) is 18.7. The first-order valence-electron chi connectivity index (χ1n) is 10.3. The van der Waals surface area contributed by atoms with Gasteiger partial charge in [-0.3, -0.25) is 10.1 Å². The third-order valence-corrected chi connectivity index (χ3v) is 7.31. The van der Waals surface area contributed by atoms with E-state index >= 15 is 0 Å². The van der Waals surface area contributed by atoms with E-state index in [4.69, 9.17) is 4.74 Å². The van der Waals surface area contributed by atoms with Crippen LogP contribution in [0.25, 0.3) is 0 Å². The quantitative estimate of drug-likeness (QED) is 0.617. The first-order chi connectivity index (χ1) is 15.4. The van der Waals surface area contributed by atoms with E-state index in [-0.39, 0.29) is 23.3 Å². The van der Waals surface area contributed by atoms with Crippen LogP contribution in [0.4, 0.5) is 5.95 Å². The number of carbonyl (C=O) groups is 1. The van der Waals surface area contributed by atoms with Crippen molar-refractivity contribution in [3.63, 3.8) is 0 Å². The van der Waals surface area contributed by atoms with E-state index in [9.17, 15) is 13.2 Å². The number of rotatable bonds is 6. The number of hydrogen-bond donors (Lipinski definition) is 1. The van der Waals surface area contributed by atoms with Gasteiger partial charge in [-0.05, 0) is 48.4 Å². The van der Waals surface area contributed by atoms with Crippen molar-refractivity contribution < 1.29 is 17.9 Å². The molecule has 8 nitrogen and oxygen atoms in total. The van der Waals surface area contributed by atoms with Crippen molar-refractivity contribution in [1.29, 1.82) is 0 Å². The smallest absolute Gasteiger partial charge is 0.258 e. The van der Waals surface area contributed by atoms with Gasteiger partial charge in [-0.15, -0.1) is 0 Å². The summed E-state index contributed by atoms with van der Waals surface area (Å²) in [5, 5.41) is 2.72. The molecule has 1 aliphatic rings. The maximum Gasteiger partial charge on any atom is 0.258 e. The van der Waals surface area contributed by atoms with Gasteiger partial charge in [-0.1, -0.05) is 19.1 Å². The van der Waals surface area contributed by atoms with Crippen molar-refractivity contribution in [2.45, 2.75) is 31.2 Å². The van der Waals surface area contributed by atoms with Gasteiger partial charge in [-0.2, -0.15) is 4.31 Å². The fraction of sp³-hybridized carbons (Fsp3) is 0.261. The molecule has 0 saturated carbocycles. The third kappa shape index (κ3) is 4.49. The number of sulfonamides is 1. The van der Waals surface area contributed by atoms with Crippen molar-refractivity contribution in [3.8, 4) is 5.75 Å². The highest BCUT2D eigenvalue weighted by atomic mass is 32.2. The van der Waals surface area contributed by atoms with Crippen LogP contribution in [0.1, 0.15) is 34.1 Å². The van der Waals surface area contributed by atoms with E-state index in [2.05, 4.69) is 22.2 Å². The van der Waals surface area contributed by atoms with Gasteiger partial charge >= 0.3 is 0 Å². The van der Waals surface area contributed by atoms with Gasteiger partial charge in [0.2, 0.25) is 16.0 Å². The van der Waals surface area contributed by atoms with Crippen LogP contribution in [0, 0.1) is 0 Å². The van der Waals surface area contributed by atoms with Crippen LogP contribution in [0.2, 0.25) is 0 Å². The minimum atomic E-state index is -3.65. The first-order valence-corrected chi connectivity index (χ1v) is 11.7. The number of nitrogens with zero attached hydrogens (tertiary/aromatic N) is 3. The maximum absolute atomic E-state index is 13.0. The second-order valence-electron chi connectivity index (χ2n) is 7.43. The summed E-state index contributed by atoms with van der Waals surface area (Å²) in [6.07, 6.45) is 2.91. The van der Waals surface area contributed by atoms with Crippen molar-refractivity contribution in [3.05, 3.63) is 77.1 Å². The molecule has 32 heavy (non-hydrogen) atoms. The van der Waals surface area contributed by atoms with E-state index in [0.29, 0.717) is 24.3 Å². The zero-order valence-electron chi connectivity index (χ0n) is 17.9. The lowest BCUT2D eigenvalue weighted by atomic mass is 10.1. The Morgan fingerprint density at radius 3 is 2.50 bits per heavy atom. The molecule has 4 rings (SSSR count). The highest BCUT2D eigenvalue weighted by Gasteiger charge is 2.29. The van der Waals surface area contributed by atoms with Gasteiger partial charge in [0.05, 0.1) is 17.7 Å². The zero-order chi connectivity index (χ0) is 22.7. The molecule has 0 radical (unpaired) electrons. The van der Waals surface area contributed by atoms with Crippen molar-refractivity contribution in [2.75, 3.05) is 19.0 Å². The second-order valence-corrected chi connectivity index (χ2v) is 9.37. The van der Waals surface area contributed by atoms with E-state index in [1.807, 2.05) is 12.1 Å². The summed E-state index contributed by atoms with van der Waals surface area (Å²) >= 11 is 0. The van der Waals surface area contributed by atoms with Crippen LogP contribution in [0.5, 0.6) is 5.75 Å². The monoisotopic (exact) mass is 452 g/mol. The fourth-order valence-corrected chi connectivity index (χ4v) is 4.94. The molecule has 0 unspecified atom stereocenters. The molecule has 0 atom stereocenters. The fourth-order valence-electron chi connectivity index (χ4n) is 3.52. The summed E-state index contributed by atoms with van der Waals surface area (Å²) in [4.78, 5) is 21.4. The number of methoxy groups -OCH3 is 1. The van der Waals surface area contributed by atoms with Crippen LogP contribution >= 0.6 is 0 Å². The molecule has 1 aliphatic heterocycles. The van der Waals surface area contributed by atoms with E-state index in [1.165, 1.54) is 23.5 Å². The molecule has 0 fully saturated rings. The largest absolute Gasteiger partial charge is 0.497 e. The molecule has 0 aliphatic carbocycles. The first kappa shape index (κ1) is 21.9. The summed E-state index contributed by atoms with van der Waals surface area (Å²) in [7, 11) is -2.12. The van der Waals surface area contributed by atoms with Crippen LogP contribution in [0.3, 0.4) is 0 Å². The second kappa shape index (κ2) is 9.05. The van der Waals surface area contributed by atoms with Crippen molar-refractivity contribution in [2.24, 2.45) is 0 Å². The number of hydrogen-bond acceptors (Lipinski definition) is 6. The minimum absolute atomic E-state index is 0.177. The Bertz CT molecular complexity index is 1230. The predicted octanol–water partition coefficient (Wildman–Crippen LogP) is 3.05. The number of benzene rings is 2. The highest BCUT2D eigenvalue weighted by Crippen LogP contribution is 2.25. The molecule has 1 N–H and O–H groups in total. The molecule has 9 heteroatoms.